The summed E-state index contributed by atoms with van der Waals surface area (Å²) in [5, 5.41) is 0. The molecule has 0 radical (unpaired) electrons. The van der Waals surface area contributed by atoms with E-state index in [1.165, 1.54) is 17.8 Å². The molecule has 5 heteroatoms. The topological polar surface area (TPSA) is 12.9 Å². The number of aromatic nitrogens is 1. The number of alkyl halides is 3. The van der Waals surface area contributed by atoms with Gasteiger partial charge in [0.25, 0.3) is 0 Å². The minimum atomic E-state index is -4.42. The number of rotatable bonds is 2. The number of hydrogen-bond donors (Lipinski definition) is 0. The van der Waals surface area contributed by atoms with Gasteiger partial charge in [0, 0.05) is 10.5 Å². The van der Waals surface area contributed by atoms with E-state index in [-0.39, 0.29) is 0 Å². The summed E-state index contributed by atoms with van der Waals surface area (Å²) in [5.74, 6) is 0. The highest BCUT2D eigenvalue weighted by Gasteiger charge is 2.33. The molecule has 0 fully saturated rings. The van der Waals surface area contributed by atoms with Crippen LogP contribution in [0.3, 0.4) is 0 Å². The van der Waals surface area contributed by atoms with Gasteiger partial charge in [-0.1, -0.05) is 30.3 Å². The first-order valence-corrected chi connectivity index (χ1v) is 6.42. The zero-order valence-corrected chi connectivity index (χ0v) is 10.3. The standard InChI is InChI=1S/C13H10F3NS/c1-18-10-7-8-11(13(14,15)16)17-12(10)9-5-3-2-4-6-9/h2-8H,1H3. The second-order valence-electron chi connectivity index (χ2n) is 3.61. The molecule has 0 saturated heterocycles. The maximum atomic E-state index is 12.6. The quantitative estimate of drug-likeness (QED) is 0.745. The molecule has 1 nitrogen and oxygen atoms in total. The highest BCUT2D eigenvalue weighted by atomic mass is 32.2. The molecule has 0 spiro atoms. The SMILES string of the molecule is CSc1ccc(C(F)(F)F)nc1-c1ccccc1. The summed E-state index contributed by atoms with van der Waals surface area (Å²) in [6, 6.07) is 11.4. The van der Waals surface area contributed by atoms with E-state index < -0.39 is 11.9 Å². The minimum Gasteiger partial charge on any atom is -0.242 e. The number of nitrogens with zero attached hydrogens (tertiary/aromatic N) is 1. The highest BCUT2D eigenvalue weighted by Crippen LogP contribution is 2.34. The summed E-state index contributed by atoms with van der Waals surface area (Å²) >= 11 is 1.38. The molecule has 1 aromatic carbocycles. The predicted molar refractivity (Wildman–Crippen MR) is 66.5 cm³/mol. The number of halogens is 3. The van der Waals surface area contributed by atoms with Crippen LogP contribution in [0.2, 0.25) is 0 Å². The van der Waals surface area contributed by atoms with Gasteiger partial charge in [0.1, 0.15) is 5.69 Å². The number of benzene rings is 1. The van der Waals surface area contributed by atoms with E-state index >= 15 is 0 Å². The summed E-state index contributed by atoms with van der Waals surface area (Å²) in [7, 11) is 0. The van der Waals surface area contributed by atoms with Crippen LogP contribution in [0, 0.1) is 0 Å². The van der Waals surface area contributed by atoms with Crippen molar-refractivity contribution in [2.75, 3.05) is 6.26 Å². The Morgan fingerprint density at radius 1 is 1.00 bits per heavy atom. The van der Waals surface area contributed by atoms with Gasteiger partial charge in [0.15, 0.2) is 0 Å². The van der Waals surface area contributed by atoms with Crippen LogP contribution in [0.25, 0.3) is 11.3 Å². The second kappa shape index (κ2) is 5.02. The first-order valence-electron chi connectivity index (χ1n) is 5.20. The summed E-state index contributed by atoms with van der Waals surface area (Å²) in [6.45, 7) is 0. The molecule has 2 aromatic rings. The minimum absolute atomic E-state index is 0.373. The molecule has 0 aliphatic rings. The molecule has 1 heterocycles. The Labute approximate surface area is 107 Å². The van der Waals surface area contributed by atoms with E-state index in [9.17, 15) is 13.2 Å². The van der Waals surface area contributed by atoms with E-state index in [4.69, 9.17) is 0 Å². The van der Waals surface area contributed by atoms with Crippen LogP contribution in [-0.2, 0) is 6.18 Å². The Morgan fingerprint density at radius 3 is 2.22 bits per heavy atom. The van der Waals surface area contributed by atoms with Crippen molar-refractivity contribution >= 4 is 11.8 Å². The Kier molecular flexibility index (Phi) is 3.61. The molecular weight excluding hydrogens is 259 g/mol. The molecular formula is C13H10F3NS. The third-order valence-corrected chi connectivity index (χ3v) is 3.19. The van der Waals surface area contributed by atoms with Gasteiger partial charge >= 0.3 is 6.18 Å². The molecule has 1 aromatic heterocycles. The Morgan fingerprint density at radius 2 is 1.67 bits per heavy atom. The third kappa shape index (κ3) is 2.67. The van der Waals surface area contributed by atoms with E-state index in [0.717, 1.165) is 11.0 Å². The summed E-state index contributed by atoms with van der Waals surface area (Å²) in [6.07, 6.45) is -2.60. The molecule has 2 rings (SSSR count). The molecule has 0 bridgehead atoms. The largest absolute Gasteiger partial charge is 0.433 e. The average Bonchev–Trinajstić information content (AvgIpc) is 2.38. The van der Waals surface area contributed by atoms with Crippen LogP contribution in [0.4, 0.5) is 13.2 Å². The molecule has 0 amide bonds. The van der Waals surface area contributed by atoms with Gasteiger partial charge in [-0.3, -0.25) is 0 Å². The summed E-state index contributed by atoms with van der Waals surface area (Å²) < 4.78 is 37.9. The van der Waals surface area contributed by atoms with Crippen molar-refractivity contribution in [2.24, 2.45) is 0 Å². The molecule has 94 valence electrons. The second-order valence-corrected chi connectivity index (χ2v) is 4.46. The van der Waals surface area contributed by atoms with Crippen molar-refractivity contribution in [1.82, 2.24) is 4.98 Å². The van der Waals surface area contributed by atoms with Crippen molar-refractivity contribution in [1.29, 1.82) is 0 Å². The Hall–Kier alpha value is -1.49. The normalized spacial score (nSPS) is 11.6. The van der Waals surface area contributed by atoms with Gasteiger partial charge in [0.05, 0.1) is 5.69 Å². The lowest BCUT2D eigenvalue weighted by molar-refractivity contribution is -0.141. The van der Waals surface area contributed by atoms with Crippen molar-refractivity contribution in [3.8, 4) is 11.3 Å². The van der Waals surface area contributed by atoms with Crippen molar-refractivity contribution < 1.29 is 13.2 Å². The Balaban J connectivity index is 2.57. The van der Waals surface area contributed by atoms with Gasteiger partial charge in [0.2, 0.25) is 0 Å². The maximum Gasteiger partial charge on any atom is 0.433 e. The van der Waals surface area contributed by atoms with Gasteiger partial charge in [-0.15, -0.1) is 11.8 Å². The van der Waals surface area contributed by atoms with Gasteiger partial charge < -0.3 is 0 Å². The van der Waals surface area contributed by atoms with Crippen LogP contribution in [0.15, 0.2) is 47.4 Å². The number of hydrogen-bond acceptors (Lipinski definition) is 2. The Bertz CT molecular complexity index is 538. The fraction of sp³-hybridized carbons (Fsp3) is 0.154. The van der Waals surface area contributed by atoms with E-state index in [1.807, 2.05) is 12.3 Å². The smallest absolute Gasteiger partial charge is 0.242 e. The van der Waals surface area contributed by atoms with Crippen molar-refractivity contribution in [2.45, 2.75) is 11.1 Å². The van der Waals surface area contributed by atoms with Crippen molar-refractivity contribution in [3.05, 3.63) is 48.2 Å². The van der Waals surface area contributed by atoms with Gasteiger partial charge in [-0.25, -0.2) is 4.98 Å². The zero-order chi connectivity index (χ0) is 13.2. The molecule has 0 saturated carbocycles. The van der Waals surface area contributed by atoms with E-state index in [0.29, 0.717) is 11.3 Å². The molecule has 0 unspecified atom stereocenters. The van der Waals surface area contributed by atoms with Crippen LogP contribution in [0.5, 0.6) is 0 Å². The molecule has 18 heavy (non-hydrogen) atoms. The van der Waals surface area contributed by atoms with E-state index in [1.54, 1.807) is 24.3 Å². The first-order chi connectivity index (χ1) is 8.52. The number of thioether (sulfide) groups is 1. The average molecular weight is 269 g/mol. The lowest BCUT2D eigenvalue weighted by Crippen LogP contribution is -2.08. The fourth-order valence-electron chi connectivity index (χ4n) is 1.57. The number of pyridine rings is 1. The van der Waals surface area contributed by atoms with Gasteiger partial charge in [-0.05, 0) is 18.4 Å². The molecule has 0 N–H and O–H groups in total. The monoisotopic (exact) mass is 269 g/mol. The van der Waals surface area contributed by atoms with Crippen molar-refractivity contribution in [3.63, 3.8) is 0 Å². The van der Waals surface area contributed by atoms with Crippen LogP contribution in [-0.4, -0.2) is 11.2 Å². The van der Waals surface area contributed by atoms with Crippen LogP contribution >= 0.6 is 11.8 Å². The first kappa shape index (κ1) is 13.0. The predicted octanol–water partition coefficient (Wildman–Crippen LogP) is 4.49. The molecule has 0 atom stereocenters. The third-order valence-electron chi connectivity index (χ3n) is 2.42. The summed E-state index contributed by atoms with van der Waals surface area (Å²) in [4.78, 5) is 4.47. The highest BCUT2D eigenvalue weighted by molar-refractivity contribution is 7.98. The fourth-order valence-corrected chi connectivity index (χ4v) is 2.13. The lowest BCUT2D eigenvalue weighted by atomic mass is 10.1. The van der Waals surface area contributed by atoms with Crippen LogP contribution in [0.1, 0.15) is 5.69 Å². The van der Waals surface area contributed by atoms with E-state index in [2.05, 4.69) is 4.98 Å². The van der Waals surface area contributed by atoms with Crippen LogP contribution < -0.4 is 0 Å². The molecule has 0 aliphatic carbocycles. The lowest BCUT2D eigenvalue weighted by Gasteiger charge is -2.11. The zero-order valence-electron chi connectivity index (χ0n) is 9.53. The van der Waals surface area contributed by atoms with Gasteiger partial charge in [-0.2, -0.15) is 13.2 Å². The summed E-state index contributed by atoms with van der Waals surface area (Å²) in [5.41, 5.74) is 0.199. The maximum absolute atomic E-state index is 12.6. The molecule has 0 aliphatic heterocycles.